The highest BCUT2D eigenvalue weighted by molar-refractivity contribution is 7.18. The van der Waals surface area contributed by atoms with E-state index in [1.165, 1.54) is 20.9 Å². The van der Waals surface area contributed by atoms with Gasteiger partial charge in [-0.05, 0) is 43.0 Å². The molecule has 6 nitrogen and oxygen atoms in total. The summed E-state index contributed by atoms with van der Waals surface area (Å²) in [6.07, 6.45) is 3.25. The van der Waals surface area contributed by atoms with E-state index in [4.69, 9.17) is 14.5 Å². The van der Waals surface area contributed by atoms with Crippen LogP contribution in [0, 0.1) is 0 Å². The van der Waals surface area contributed by atoms with Crippen LogP contribution in [-0.4, -0.2) is 30.2 Å². The molecular weight excluding hydrogens is 362 g/mol. The third-order valence-electron chi connectivity index (χ3n) is 5.21. The van der Waals surface area contributed by atoms with Gasteiger partial charge in [0.2, 0.25) is 0 Å². The Kier molecular flexibility index (Phi) is 4.13. The number of hydrogen-bond donors (Lipinski definition) is 2. The average Bonchev–Trinajstić information content (AvgIpc) is 3.22. The molecule has 7 heteroatoms. The average molecular weight is 384 g/mol. The highest BCUT2D eigenvalue weighted by Crippen LogP contribution is 2.34. The number of H-pyrrole nitrogens is 1. The van der Waals surface area contributed by atoms with Crippen molar-refractivity contribution < 1.29 is 14.4 Å². The van der Waals surface area contributed by atoms with E-state index in [2.05, 4.69) is 18.1 Å². The minimum Gasteiger partial charge on any atom is -0.486 e. The lowest BCUT2D eigenvalue weighted by atomic mass is 10.2. The zero-order chi connectivity index (χ0) is 18.4. The molecule has 140 valence electrons. The molecule has 0 amide bonds. The van der Waals surface area contributed by atoms with Gasteiger partial charge in [0.1, 0.15) is 31.1 Å². The number of aromatic amines is 1. The smallest absolute Gasteiger partial charge is 0.260 e. The van der Waals surface area contributed by atoms with Crippen molar-refractivity contribution in [3.63, 3.8) is 0 Å². The second kappa shape index (κ2) is 6.65. The van der Waals surface area contributed by atoms with E-state index in [9.17, 15) is 4.79 Å². The van der Waals surface area contributed by atoms with Crippen molar-refractivity contribution in [2.45, 2.75) is 32.4 Å². The fraction of sp³-hybridized carbons (Fsp3) is 0.400. The number of hydrogen-bond acceptors (Lipinski definition) is 5. The number of thiophene rings is 1. The topological polar surface area (TPSA) is 68.7 Å². The number of rotatable bonds is 4. The summed E-state index contributed by atoms with van der Waals surface area (Å²) in [5, 5.41) is 0.820. The van der Waals surface area contributed by atoms with Crippen LogP contribution in [0.15, 0.2) is 23.0 Å². The van der Waals surface area contributed by atoms with Crippen molar-refractivity contribution in [2.24, 2.45) is 0 Å². The number of aryl methyl sites for hydroxylation is 2. The van der Waals surface area contributed by atoms with Gasteiger partial charge in [0.05, 0.1) is 12.4 Å². The molecule has 1 aliphatic carbocycles. The molecule has 0 fully saturated rings. The molecule has 0 radical (unpaired) electrons. The third kappa shape index (κ3) is 3.11. The Morgan fingerprint density at radius 3 is 2.93 bits per heavy atom. The molecule has 2 aromatic heterocycles. The van der Waals surface area contributed by atoms with Gasteiger partial charge < -0.3 is 19.4 Å². The Morgan fingerprint density at radius 1 is 1.19 bits per heavy atom. The van der Waals surface area contributed by atoms with Crippen LogP contribution in [0.2, 0.25) is 0 Å². The maximum absolute atomic E-state index is 12.6. The molecule has 0 spiro atoms. The van der Waals surface area contributed by atoms with Gasteiger partial charge in [-0.3, -0.25) is 4.79 Å². The molecular formula is C20H22N3O3S+. The van der Waals surface area contributed by atoms with Crippen LogP contribution in [-0.2, 0) is 25.9 Å². The fourth-order valence-corrected chi connectivity index (χ4v) is 5.31. The van der Waals surface area contributed by atoms with Crippen LogP contribution in [0.1, 0.15) is 28.2 Å². The first-order chi connectivity index (χ1) is 13.2. The summed E-state index contributed by atoms with van der Waals surface area (Å²) in [6, 6.07) is 6.08. The summed E-state index contributed by atoms with van der Waals surface area (Å²) in [5.74, 6) is 2.37. The minimum atomic E-state index is 0.0153. The maximum atomic E-state index is 12.6. The highest BCUT2D eigenvalue weighted by atomic mass is 32.1. The van der Waals surface area contributed by atoms with Gasteiger partial charge in [-0.15, -0.1) is 11.3 Å². The lowest BCUT2D eigenvalue weighted by Gasteiger charge is -2.19. The van der Waals surface area contributed by atoms with Crippen LogP contribution >= 0.6 is 11.3 Å². The first kappa shape index (κ1) is 16.8. The molecule has 2 aliphatic rings. The van der Waals surface area contributed by atoms with Crippen LogP contribution < -0.4 is 19.9 Å². The largest absolute Gasteiger partial charge is 0.486 e. The predicted octanol–water partition coefficient (Wildman–Crippen LogP) is 1.46. The minimum absolute atomic E-state index is 0.0153. The van der Waals surface area contributed by atoms with Crippen molar-refractivity contribution in [3.05, 3.63) is 50.4 Å². The summed E-state index contributed by atoms with van der Waals surface area (Å²) in [7, 11) is 2.11. The monoisotopic (exact) mass is 384 g/mol. The summed E-state index contributed by atoms with van der Waals surface area (Å²) >= 11 is 1.69. The number of benzene rings is 1. The SMILES string of the molecule is C[NH+](Cc1ccc2c(c1)OCCO2)Cc1nc2sc3c(c2c(=O)[nH]1)CCC3. The summed E-state index contributed by atoms with van der Waals surface area (Å²) in [6.45, 7) is 2.68. The van der Waals surface area contributed by atoms with E-state index >= 15 is 0 Å². The van der Waals surface area contributed by atoms with Gasteiger partial charge in [0.15, 0.2) is 17.3 Å². The summed E-state index contributed by atoms with van der Waals surface area (Å²) in [4.78, 5) is 23.8. The van der Waals surface area contributed by atoms with E-state index in [1.54, 1.807) is 11.3 Å². The zero-order valence-corrected chi connectivity index (χ0v) is 16.1. The van der Waals surface area contributed by atoms with Gasteiger partial charge in [-0.1, -0.05) is 0 Å². The molecule has 2 N–H and O–H groups in total. The lowest BCUT2D eigenvalue weighted by molar-refractivity contribution is -0.908. The van der Waals surface area contributed by atoms with E-state index in [1.807, 2.05) is 12.1 Å². The second-order valence-electron chi connectivity index (χ2n) is 7.34. The van der Waals surface area contributed by atoms with Crippen LogP contribution in [0.4, 0.5) is 0 Å². The Labute approximate surface area is 160 Å². The Balaban J connectivity index is 1.35. The molecule has 27 heavy (non-hydrogen) atoms. The van der Waals surface area contributed by atoms with Gasteiger partial charge in [0, 0.05) is 10.4 Å². The molecule has 1 atom stereocenters. The van der Waals surface area contributed by atoms with Crippen molar-refractivity contribution >= 4 is 21.6 Å². The molecule has 5 rings (SSSR count). The molecule has 0 saturated heterocycles. The van der Waals surface area contributed by atoms with E-state index in [-0.39, 0.29) is 5.56 Å². The molecule has 0 bridgehead atoms. The Hall–Kier alpha value is -2.38. The van der Waals surface area contributed by atoms with E-state index < -0.39 is 0 Å². The van der Waals surface area contributed by atoms with E-state index in [0.717, 1.165) is 53.3 Å². The maximum Gasteiger partial charge on any atom is 0.260 e. The molecule has 0 saturated carbocycles. The third-order valence-corrected chi connectivity index (χ3v) is 6.39. The van der Waals surface area contributed by atoms with Gasteiger partial charge in [0.25, 0.3) is 5.56 Å². The molecule has 1 unspecified atom stereocenters. The number of quaternary nitrogens is 1. The van der Waals surface area contributed by atoms with Gasteiger partial charge in [-0.25, -0.2) is 4.98 Å². The highest BCUT2D eigenvalue weighted by Gasteiger charge is 2.22. The van der Waals surface area contributed by atoms with Crippen molar-refractivity contribution in [2.75, 3.05) is 20.3 Å². The normalized spacial score (nSPS) is 16.5. The fourth-order valence-electron chi connectivity index (χ4n) is 4.03. The van der Waals surface area contributed by atoms with Gasteiger partial charge in [-0.2, -0.15) is 0 Å². The van der Waals surface area contributed by atoms with Crippen LogP contribution in [0.3, 0.4) is 0 Å². The predicted molar refractivity (Wildman–Crippen MR) is 104 cm³/mol. The van der Waals surface area contributed by atoms with Gasteiger partial charge >= 0.3 is 0 Å². The number of nitrogens with one attached hydrogen (secondary N) is 2. The van der Waals surface area contributed by atoms with E-state index in [0.29, 0.717) is 19.8 Å². The summed E-state index contributed by atoms with van der Waals surface area (Å²) < 4.78 is 11.2. The molecule has 1 aliphatic heterocycles. The second-order valence-corrected chi connectivity index (χ2v) is 8.42. The molecule has 3 aromatic rings. The van der Waals surface area contributed by atoms with Crippen molar-refractivity contribution in [1.82, 2.24) is 9.97 Å². The number of nitrogens with zero attached hydrogens (tertiary/aromatic N) is 1. The van der Waals surface area contributed by atoms with Crippen molar-refractivity contribution in [3.8, 4) is 11.5 Å². The first-order valence-electron chi connectivity index (χ1n) is 9.40. The number of fused-ring (bicyclic) bond motifs is 4. The number of aromatic nitrogens is 2. The number of ether oxygens (including phenoxy) is 2. The molecule has 3 heterocycles. The Bertz CT molecular complexity index is 1070. The Morgan fingerprint density at radius 2 is 2.04 bits per heavy atom. The first-order valence-corrected chi connectivity index (χ1v) is 10.2. The van der Waals surface area contributed by atoms with Crippen LogP contribution in [0.5, 0.6) is 11.5 Å². The lowest BCUT2D eigenvalue weighted by Crippen LogP contribution is -3.06. The summed E-state index contributed by atoms with van der Waals surface area (Å²) in [5.41, 5.74) is 2.42. The van der Waals surface area contributed by atoms with Crippen molar-refractivity contribution in [1.29, 1.82) is 0 Å². The molecule has 1 aromatic carbocycles. The standard InChI is InChI=1S/C20H21N3O3S/c1-23(10-12-5-6-14-15(9-12)26-8-7-25-14)11-17-21-19(24)18-13-3-2-4-16(13)27-20(18)22-17/h5-6,9H,2-4,7-8,10-11H2,1H3,(H,21,22,24)/p+1. The van der Waals surface area contributed by atoms with Crippen LogP contribution in [0.25, 0.3) is 10.2 Å². The quantitative estimate of drug-likeness (QED) is 0.715. The zero-order valence-electron chi connectivity index (χ0n) is 15.3.